The summed E-state index contributed by atoms with van der Waals surface area (Å²) in [7, 11) is -1.52. The molecule has 0 bridgehead atoms. The molecule has 1 heterocycles. The molecule has 1 aliphatic heterocycles. The fraction of sp³-hybridized carbons (Fsp3) is 1.00. The topological polar surface area (TPSA) is 21.8 Å². The zero-order valence-electron chi connectivity index (χ0n) is 23.2. The number of hydrogen-bond donors (Lipinski definition) is 0. The molecule has 33 heavy (non-hydrogen) atoms. The van der Waals surface area contributed by atoms with E-state index in [2.05, 4.69) is 54.3 Å². The molecule has 5 fully saturated rings. The van der Waals surface area contributed by atoms with Crippen LogP contribution in [0.4, 0.5) is 0 Å². The van der Waals surface area contributed by atoms with Gasteiger partial charge >= 0.3 is 0 Å². The van der Waals surface area contributed by atoms with E-state index >= 15 is 0 Å². The Bertz CT molecular complexity index is 729. The van der Waals surface area contributed by atoms with Gasteiger partial charge in [-0.05, 0) is 112 Å². The Morgan fingerprint density at radius 1 is 0.879 bits per heavy atom. The summed E-state index contributed by atoms with van der Waals surface area (Å²) in [5.41, 5.74) is 1.15. The van der Waals surface area contributed by atoms with Crippen molar-refractivity contribution in [2.45, 2.75) is 143 Å². The standard InChI is InChI=1S/C30H54O2Si/c1-20(2)10-9-11-21(3)23-12-13-24-22-14-19-30-27(31-30)26(32-33(6,7)8)16-18-29(30,5)25(22)15-17-28(23,24)4/h20-27H,9-19H2,1-8H3/t21-,22+,23-,24+,25+,26+,27+,28-,29-,30+/m1/s1. The Balaban J connectivity index is 1.29. The molecule has 190 valence electrons. The van der Waals surface area contributed by atoms with Crippen molar-refractivity contribution in [2.75, 3.05) is 0 Å². The highest BCUT2D eigenvalue weighted by molar-refractivity contribution is 6.69. The molecule has 0 aromatic rings. The van der Waals surface area contributed by atoms with Gasteiger partial charge in [0.15, 0.2) is 8.32 Å². The molecule has 2 nitrogen and oxygen atoms in total. The molecular formula is C30H54O2Si. The molecular weight excluding hydrogens is 420 g/mol. The van der Waals surface area contributed by atoms with E-state index in [0.29, 0.717) is 23.0 Å². The van der Waals surface area contributed by atoms with E-state index in [9.17, 15) is 0 Å². The van der Waals surface area contributed by atoms with Crippen LogP contribution in [-0.2, 0) is 9.16 Å². The molecule has 3 heteroatoms. The lowest BCUT2D eigenvalue weighted by atomic mass is 9.44. The summed E-state index contributed by atoms with van der Waals surface area (Å²) >= 11 is 0. The number of epoxide rings is 1. The van der Waals surface area contributed by atoms with E-state index in [4.69, 9.17) is 9.16 Å². The molecule has 0 radical (unpaired) electrons. The average Bonchev–Trinajstić information content (AvgIpc) is 3.35. The first-order valence-corrected chi connectivity index (χ1v) is 18.2. The van der Waals surface area contributed by atoms with Gasteiger partial charge in [-0.15, -0.1) is 0 Å². The van der Waals surface area contributed by atoms with Gasteiger partial charge in [0, 0.05) is 5.41 Å². The van der Waals surface area contributed by atoms with Gasteiger partial charge in [-0.1, -0.05) is 53.9 Å². The van der Waals surface area contributed by atoms with Crippen LogP contribution in [0.25, 0.3) is 0 Å². The van der Waals surface area contributed by atoms with Gasteiger partial charge in [0.05, 0.1) is 6.10 Å². The summed E-state index contributed by atoms with van der Waals surface area (Å²) in [6, 6.07) is 0. The van der Waals surface area contributed by atoms with Crippen molar-refractivity contribution < 1.29 is 9.16 Å². The molecule has 1 saturated heterocycles. The highest BCUT2D eigenvalue weighted by Gasteiger charge is 2.76. The fourth-order valence-corrected chi connectivity index (χ4v) is 11.4. The first-order valence-electron chi connectivity index (χ1n) is 14.8. The third-order valence-electron chi connectivity index (χ3n) is 11.8. The van der Waals surface area contributed by atoms with Crippen LogP contribution in [0.3, 0.4) is 0 Å². The zero-order chi connectivity index (χ0) is 23.8. The normalized spacial score (nSPS) is 49.7. The van der Waals surface area contributed by atoms with Crippen LogP contribution in [0.5, 0.6) is 0 Å². The molecule has 0 amide bonds. The van der Waals surface area contributed by atoms with E-state index in [0.717, 1.165) is 35.5 Å². The van der Waals surface area contributed by atoms with Crippen LogP contribution < -0.4 is 0 Å². The summed E-state index contributed by atoms with van der Waals surface area (Å²) in [4.78, 5) is 0. The minimum Gasteiger partial charge on any atom is -0.412 e. The van der Waals surface area contributed by atoms with Crippen molar-refractivity contribution >= 4 is 8.32 Å². The van der Waals surface area contributed by atoms with Gasteiger partial charge in [0.2, 0.25) is 0 Å². The monoisotopic (exact) mass is 474 g/mol. The lowest BCUT2D eigenvalue weighted by Crippen LogP contribution is -2.59. The predicted molar refractivity (Wildman–Crippen MR) is 141 cm³/mol. The van der Waals surface area contributed by atoms with Crippen molar-refractivity contribution in [3.05, 3.63) is 0 Å². The van der Waals surface area contributed by atoms with Crippen LogP contribution in [0, 0.1) is 46.3 Å². The zero-order valence-corrected chi connectivity index (χ0v) is 24.2. The second-order valence-electron chi connectivity index (χ2n) is 15.1. The van der Waals surface area contributed by atoms with Crippen LogP contribution >= 0.6 is 0 Å². The van der Waals surface area contributed by atoms with E-state index in [1.54, 1.807) is 0 Å². The van der Waals surface area contributed by atoms with Gasteiger partial charge in [-0.2, -0.15) is 0 Å². The van der Waals surface area contributed by atoms with Crippen molar-refractivity contribution in [3.8, 4) is 0 Å². The van der Waals surface area contributed by atoms with E-state index in [1.807, 2.05) is 0 Å². The van der Waals surface area contributed by atoms with Crippen molar-refractivity contribution in [1.29, 1.82) is 0 Å². The Kier molecular flexibility index (Phi) is 6.27. The number of ether oxygens (including phenoxy) is 1. The minimum absolute atomic E-state index is 0.159. The van der Waals surface area contributed by atoms with Gasteiger partial charge < -0.3 is 9.16 Å². The highest BCUT2D eigenvalue weighted by Crippen LogP contribution is 2.74. The second kappa shape index (κ2) is 8.34. The number of rotatable bonds is 7. The summed E-state index contributed by atoms with van der Waals surface area (Å²) < 4.78 is 13.4. The molecule has 4 saturated carbocycles. The van der Waals surface area contributed by atoms with E-state index < -0.39 is 8.32 Å². The van der Waals surface area contributed by atoms with Gasteiger partial charge in [0.1, 0.15) is 11.7 Å². The third kappa shape index (κ3) is 3.93. The molecule has 4 aliphatic carbocycles. The van der Waals surface area contributed by atoms with E-state index in [1.165, 1.54) is 70.6 Å². The highest BCUT2D eigenvalue weighted by atomic mass is 28.4. The molecule has 1 spiro atoms. The van der Waals surface area contributed by atoms with Gasteiger partial charge in [-0.3, -0.25) is 0 Å². The maximum atomic E-state index is 6.74. The Morgan fingerprint density at radius 2 is 1.64 bits per heavy atom. The predicted octanol–water partition coefficient (Wildman–Crippen LogP) is 8.46. The van der Waals surface area contributed by atoms with E-state index in [-0.39, 0.29) is 5.60 Å². The summed E-state index contributed by atoms with van der Waals surface area (Å²) in [6.45, 7) is 19.8. The van der Waals surface area contributed by atoms with Crippen molar-refractivity contribution in [3.63, 3.8) is 0 Å². The average molecular weight is 475 g/mol. The molecule has 0 aromatic heterocycles. The number of fused-ring (bicyclic) bond motifs is 4. The first kappa shape index (κ1) is 24.8. The maximum Gasteiger partial charge on any atom is 0.184 e. The van der Waals surface area contributed by atoms with Crippen LogP contribution in [0.1, 0.15) is 105 Å². The van der Waals surface area contributed by atoms with Crippen LogP contribution in [-0.4, -0.2) is 26.1 Å². The van der Waals surface area contributed by atoms with Crippen LogP contribution in [0.15, 0.2) is 0 Å². The minimum atomic E-state index is -1.52. The molecule has 10 atom stereocenters. The summed E-state index contributed by atoms with van der Waals surface area (Å²) in [5.74, 6) is 5.53. The summed E-state index contributed by atoms with van der Waals surface area (Å²) in [6.07, 6.45) is 16.3. The smallest absolute Gasteiger partial charge is 0.184 e. The molecule has 5 aliphatic rings. The Morgan fingerprint density at radius 3 is 2.33 bits per heavy atom. The fourth-order valence-electron chi connectivity index (χ4n) is 10.3. The quantitative estimate of drug-likeness (QED) is 0.273. The second-order valence-corrected chi connectivity index (χ2v) is 19.6. The van der Waals surface area contributed by atoms with Crippen LogP contribution in [0.2, 0.25) is 19.6 Å². The Labute approximate surface area is 206 Å². The summed E-state index contributed by atoms with van der Waals surface area (Å²) in [5, 5.41) is 0. The number of hydrogen-bond acceptors (Lipinski definition) is 2. The Hall–Kier alpha value is 0.137. The maximum absolute atomic E-state index is 6.74. The molecule has 0 N–H and O–H groups in total. The lowest BCUT2D eigenvalue weighted by molar-refractivity contribution is -0.120. The van der Waals surface area contributed by atoms with Crippen molar-refractivity contribution in [1.82, 2.24) is 0 Å². The largest absolute Gasteiger partial charge is 0.412 e. The van der Waals surface area contributed by atoms with Gasteiger partial charge in [-0.25, -0.2) is 0 Å². The molecule has 0 aromatic carbocycles. The molecule has 0 unspecified atom stereocenters. The lowest BCUT2D eigenvalue weighted by Gasteiger charge is -2.60. The van der Waals surface area contributed by atoms with Gasteiger partial charge in [0.25, 0.3) is 0 Å². The first-order chi connectivity index (χ1) is 15.4. The third-order valence-corrected chi connectivity index (χ3v) is 12.8. The SMILES string of the molecule is CC(C)CCC[C@@H](C)[C@H]1CC[C@H]2[C@@H]3CC[C@]45O[C@H]4[C@@H](O[Si](C)(C)C)CC[C@]5(C)[C@H]3CC[C@]12C. The van der Waals surface area contributed by atoms with Crippen molar-refractivity contribution in [2.24, 2.45) is 46.3 Å². The molecule has 5 rings (SSSR count).